The zero-order chi connectivity index (χ0) is 19.7. The Balaban J connectivity index is 3.03. The van der Waals surface area contributed by atoms with Crippen molar-refractivity contribution < 1.29 is 28.7 Å². The van der Waals surface area contributed by atoms with Crippen LogP contribution in [0.3, 0.4) is 0 Å². The highest BCUT2D eigenvalue weighted by Gasteiger charge is 2.37. The highest BCUT2D eigenvalue weighted by Crippen LogP contribution is 2.15. The highest BCUT2D eigenvalue weighted by molar-refractivity contribution is 6.30. The summed E-state index contributed by atoms with van der Waals surface area (Å²) in [4.78, 5) is 48.1. The number of hydrogen-bond donors (Lipinski definition) is 2. The monoisotopic (exact) mass is 384 g/mol. The van der Waals surface area contributed by atoms with Crippen LogP contribution in [0.25, 0.3) is 0 Å². The molecule has 1 aromatic rings. The number of ether oxygens (including phenoxy) is 2. The second-order valence-corrected chi connectivity index (χ2v) is 5.66. The van der Waals surface area contributed by atoms with Crippen LogP contribution in [-0.4, -0.2) is 43.0 Å². The lowest BCUT2D eigenvalue weighted by Crippen LogP contribution is -2.52. The van der Waals surface area contributed by atoms with Gasteiger partial charge < -0.3 is 20.5 Å². The van der Waals surface area contributed by atoms with Gasteiger partial charge in [-0.1, -0.05) is 11.6 Å². The van der Waals surface area contributed by atoms with Crippen LogP contribution in [0.2, 0.25) is 5.02 Å². The maximum atomic E-state index is 12.3. The number of carbonyl (C=O) groups excluding carboxylic acids is 4. The van der Waals surface area contributed by atoms with Gasteiger partial charge in [0.15, 0.2) is 0 Å². The summed E-state index contributed by atoms with van der Waals surface area (Å²) in [6.45, 7) is 3.32. The van der Waals surface area contributed by atoms with Gasteiger partial charge in [-0.05, 0) is 38.1 Å². The Hall–Kier alpha value is -2.61. The molecule has 2 atom stereocenters. The van der Waals surface area contributed by atoms with Crippen LogP contribution in [0.15, 0.2) is 24.3 Å². The van der Waals surface area contributed by atoms with Gasteiger partial charge in [0.05, 0.1) is 25.6 Å². The number of halogens is 1. The summed E-state index contributed by atoms with van der Waals surface area (Å²) < 4.78 is 9.70. The molecule has 0 aliphatic carbocycles. The smallest absolute Gasteiger partial charge is 0.312 e. The Bertz CT molecular complexity index is 662. The van der Waals surface area contributed by atoms with Crippen molar-refractivity contribution in [1.82, 2.24) is 5.32 Å². The van der Waals surface area contributed by atoms with E-state index in [4.69, 9.17) is 26.8 Å². The molecule has 8 nitrogen and oxygen atoms in total. The number of hydrogen-bond acceptors (Lipinski definition) is 6. The van der Waals surface area contributed by atoms with Gasteiger partial charge in [0.1, 0.15) is 6.04 Å². The van der Waals surface area contributed by atoms with Gasteiger partial charge in [-0.15, -0.1) is 0 Å². The van der Waals surface area contributed by atoms with Crippen molar-refractivity contribution >= 4 is 35.4 Å². The van der Waals surface area contributed by atoms with Crippen LogP contribution in [0.5, 0.6) is 0 Å². The lowest BCUT2D eigenvalue weighted by Gasteiger charge is -2.23. The molecule has 1 aromatic carbocycles. The molecule has 9 heteroatoms. The average molecular weight is 385 g/mol. The third-order valence-corrected chi connectivity index (χ3v) is 3.64. The van der Waals surface area contributed by atoms with Crippen molar-refractivity contribution in [3.8, 4) is 0 Å². The van der Waals surface area contributed by atoms with E-state index in [1.54, 1.807) is 13.8 Å². The van der Waals surface area contributed by atoms with E-state index in [0.717, 1.165) is 0 Å². The number of rotatable bonds is 9. The number of nitrogens with one attached hydrogen (secondary N) is 1. The fraction of sp³-hybridized carbons (Fsp3) is 0.412. The SMILES string of the molecule is CCOC(=O)C[C@H](C(=O)OCC)[C@@H](NC(=O)c1ccc(Cl)cc1)C(N)=O. The molecule has 26 heavy (non-hydrogen) atoms. The maximum absolute atomic E-state index is 12.3. The fourth-order valence-corrected chi connectivity index (χ4v) is 2.31. The van der Waals surface area contributed by atoms with Crippen molar-refractivity contribution in [3.05, 3.63) is 34.9 Å². The topological polar surface area (TPSA) is 125 Å². The number of nitrogens with two attached hydrogens (primary N) is 1. The Morgan fingerprint density at radius 2 is 1.65 bits per heavy atom. The van der Waals surface area contributed by atoms with Crippen molar-refractivity contribution in [1.29, 1.82) is 0 Å². The zero-order valence-corrected chi connectivity index (χ0v) is 15.2. The highest BCUT2D eigenvalue weighted by atomic mass is 35.5. The average Bonchev–Trinajstić information content (AvgIpc) is 2.58. The first-order valence-corrected chi connectivity index (χ1v) is 8.35. The van der Waals surface area contributed by atoms with Crippen molar-refractivity contribution in [2.45, 2.75) is 26.3 Å². The summed E-state index contributed by atoms with van der Waals surface area (Å²) in [5.74, 6) is -4.47. The van der Waals surface area contributed by atoms with Gasteiger partial charge in [-0.2, -0.15) is 0 Å². The van der Waals surface area contributed by atoms with Gasteiger partial charge in [-0.25, -0.2) is 0 Å². The minimum absolute atomic E-state index is 0.0365. The second-order valence-electron chi connectivity index (χ2n) is 5.23. The van der Waals surface area contributed by atoms with E-state index in [0.29, 0.717) is 5.02 Å². The predicted molar refractivity (Wildman–Crippen MR) is 93.3 cm³/mol. The molecule has 142 valence electrons. The second kappa shape index (κ2) is 10.4. The summed E-state index contributed by atoms with van der Waals surface area (Å²) in [5.41, 5.74) is 5.54. The van der Waals surface area contributed by atoms with E-state index in [1.165, 1.54) is 24.3 Å². The van der Waals surface area contributed by atoms with Crippen LogP contribution in [0, 0.1) is 5.92 Å². The van der Waals surface area contributed by atoms with E-state index in [9.17, 15) is 19.2 Å². The van der Waals surface area contributed by atoms with Crippen LogP contribution >= 0.6 is 11.6 Å². The lowest BCUT2D eigenvalue weighted by molar-refractivity contribution is -0.156. The molecule has 0 aliphatic heterocycles. The normalized spacial score (nSPS) is 12.6. The van der Waals surface area contributed by atoms with Gasteiger partial charge in [0.2, 0.25) is 5.91 Å². The molecule has 0 fully saturated rings. The lowest BCUT2D eigenvalue weighted by atomic mass is 9.95. The quantitative estimate of drug-likeness (QED) is 0.613. The van der Waals surface area contributed by atoms with E-state index in [-0.39, 0.29) is 18.8 Å². The molecular formula is C17H21ClN2O6. The van der Waals surface area contributed by atoms with Crippen LogP contribution in [0.4, 0.5) is 0 Å². The molecule has 2 amide bonds. The largest absolute Gasteiger partial charge is 0.466 e. The van der Waals surface area contributed by atoms with Gasteiger partial charge in [-0.3, -0.25) is 19.2 Å². The third-order valence-electron chi connectivity index (χ3n) is 3.38. The fourth-order valence-electron chi connectivity index (χ4n) is 2.18. The first-order chi connectivity index (χ1) is 12.3. The Morgan fingerprint density at radius 1 is 1.08 bits per heavy atom. The first kappa shape index (κ1) is 21.4. The Labute approximate surface area is 156 Å². The molecule has 0 unspecified atom stereocenters. The van der Waals surface area contributed by atoms with Gasteiger partial charge >= 0.3 is 11.9 Å². The van der Waals surface area contributed by atoms with E-state index < -0.39 is 42.1 Å². The molecule has 0 aromatic heterocycles. The predicted octanol–water partition coefficient (Wildman–Crippen LogP) is 1.06. The van der Waals surface area contributed by atoms with Gasteiger partial charge in [0, 0.05) is 10.6 Å². The molecule has 1 rings (SSSR count). The zero-order valence-electron chi connectivity index (χ0n) is 14.5. The number of primary amides is 1. The van der Waals surface area contributed by atoms with Gasteiger partial charge in [0.25, 0.3) is 5.91 Å². The van der Waals surface area contributed by atoms with Crippen molar-refractivity contribution in [3.63, 3.8) is 0 Å². The summed E-state index contributed by atoms with van der Waals surface area (Å²) in [6.07, 6.45) is -0.457. The van der Waals surface area contributed by atoms with E-state index in [1.807, 2.05) is 0 Å². The molecule has 0 bridgehead atoms. The standard InChI is InChI=1S/C17H21ClN2O6/c1-3-25-13(21)9-12(17(24)26-4-2)14(15(19)22)20-16(23)10-5-7-11(18)8-6-10/h5-8,12,14H,3-4,9H2,1-2H3,(H2,19,22)(H,20,23)/t12-,14+/m0/s1. The molecule has 3 N–H and O–H groups in total. The Morgan fingerprint density at radius 3 is 2.15 bits per heavy atom. The number of esters is 2. The van der Waals surface area contributed by atoms with Crippen LogP contribution < -0.4 is 11.1 Å². The van der Waals surface area contributed by atoms with Crippen LogP contribution in [-0.2, 0) is 23.9 Å². The summed E-state index contributed by atoms with van der Waals surface area (Å²) >= 11 is 5.77. The molecule has 0 heterocycles. The molecule has 0 aliphatic rings. The van der Waals surface area contributed by atoms with Crippen molar-refractivity contribution in [2.24, 2.45) is 11.7 Å². The first-order valence-electron chi connectivity index (χ1n) is 7.98. The molecule has 0 saturated carbocycles. The number of benzene rings is 1. The molecule has 0 radical (unpaired) electrons. The minimum atomic E-state index is -1.44. The van der Waals surface area contributed by atoms with E-state index >= 15 is 0 Å². The third kappa shape index (κ3) is 6.36. The van der Waals surface area contributed by atoms with E-state index in [2.05, 4.69) is 5.32 Å². The van der Waals surface area contributed by atoms with Crippen molar-refractivity contribution in [2.75, 3.05) is 13.2 Å². The molecule has 0 saturated heterocycles. The number of amides is 2. The Kier molecular flexibility index (Phi) is 8.57. The summed E-state index contributed by atoms with van der Waals surface area (Å²) in [6, 6.07) is 4.44. The number of carbonyl (C=O) groups is 4. The van der Waals surface area contributed by atoms with Crippen LogP contribution in [0.1, 0.15) is 30.6 Å². The molecular weight excluding hydrogens is 364 g/mol. The summed E-state index contributed by atoms with van der Waals surface area (Å²) in [5, 5.41) is 2.80. The maximum Gasteiger partial charge on any atom is 0.312 e. The minimum Gasteiger partial charge on any atom is -0.466 e. The molecule has 0 spiro atoms. The summed E-state index contributed by atoms with van der Waals surface area (Å²) in [7, 11) is 0.